The number of nitrogens with two attached hydrogens (primary N) is 1. The molecule has 96 valence electrons. The lowest BCUT2D eigenvalue weighted by atomic mass is 10.2. The van der Waals surface area contributed by atoms with Crippen molar-refractivity contribution in [3.05, 3.63) is 40.6 Å². The summed E-state index contributed by atoms with van der Waals surface area (Å²) in [4.78, 5) is 6.10. The number of aromatic nitrogens is 2. The maximum absolute atomic E-state index is 13.5. The normalized spacial score (nSPS) is 10.7. The molecule has 4 nitrogen and oxygen atoms in total. The summed E-state index contributed by atoms with van der Waals surface area (Å²) in [6.07, 6.45) is 3.60. The van der Waals surface area contributed by atoms with Gasteiger partial charge in [0.1, 0.15) is 11.6 Å². The van der Waals surface area contributed by atoms with E-state index in [-0.39, 0.29) is 5.82 Å². The van der Waals surface area contributed by atoms with Crippen molar-refractivity contribution in [2.45, 2.75) is 6.54 Å². The number of hydrogen-bond acceptors (Lipinski definition) is 3. The highest BCUT2D eigenvalue weighted by Gasteiger charge is 2.12. The number of hydrogen-bond donors (Lipinski definition) is 1. The van der Waals surface area contributed by atoms with Crippen molar-refractivity contribution in [2.75, 3.05) is 17.7 Å². The van der Waals surface area contributed by atoms with E-state index in [2.05, 4.69) is 20.9 Å². The Hall–Kier alpha value is -1.56. The first-order chi connectivity index (χ1) is 8.49. The molecule has 2 N–H and O–H groups in total. The molecule has 0 saturated carbocycles. The molecular weight excluding hydrogens is 299 g/mol. The molecule has 0 radical (unpaired) electrons. The van der Waals surface area contributed by atoms with Crippen LogP contribution in [0.15, 0.2) is 29.0 Å². The van der Waals surface area contributed by atoms with Gasteiger partial charge >= 0.3 is 0 Å². The van der Waals surface area contributed by atoms with Gasteiger partial charge in [-0.05, 0) is 22.0 Å². The Morgan fingerprint density at radius 2 is 2.22 bits per heavy atom. The monoisotopic (exact) mass is 312 g/mol. The Labute approximate surface area is 113 Å². The van der Waals surface area contributed by atoms with E-state index in [0.717, 1.165) is 5.82 Å². The zero-order valence-corrected chi connectivity index (χ0v) is 11.8. The van der Waals surface area contributed by atoms with Crippen LogP contribution in [-0.2, 0) is 13.6 Å². The SMILES string of the molecule is CN(Cc1nccn1C)c1cc(F)c(Br)cc1N. The lowest BCUT2D eigenvalue weighted by Crippen LogP contribution is -2.20. The number of imidazole rings is 1. The van der Waals surface area contributed by atoms with Gasteiger partial charge in [-0.25, -0.2) is 9.37 Å². The Morgan fingerprint density at radius 1 is 1.50 bits per heavy atom. The van der Waals surface area contributed by atoms with E-state index < -0.39 is 0 Å². The predicted octanol–water partition coefficient (Wildman–Crippen LogP) is 2.54. The van der Waals surface area contributed by atoms with Crippen LogP contribution in [0.3, 0.4) is 0 Å². The molecule has 6 heteroatoms. The van der Waals surface area contributed by atoms with Gasteiger partial charge < -0.3 is 15.2 Å². The van der Waals surface area contributed by atoms with Crippen LogP contribution in [0.1, 0.15) is 5.82 Å². The second-order valence-electron chi connectivity index (χ2n) is 4.14. The summed E-state index contributed by atoms with van der Waals surface area (Å²) in [5.74, 6) is 0.561. The van der Waals surface area contributed by atoms with Crippen LogP contribution in [0.2, 0.25) is 0 Å². The fourth-order valence-electron chi connectivity index (χ4n) is 1.73. The summed E-state index contributed by atoms with van der Waals surface area (Å²) >= 11 is 3.11. The molecular formula is C12H14BrFN4. The molecule has 2 rings (SSSR count). The summed E-state index contributed by atoms with van der Waals surface area (Å²) < 4.78 is 15.8. The molecule has 0 fully saturated rings. The van der Waals surface area contributed by atoms with Crippen molar-refractivity contribution < 1.29 is 4.39 Å². The minimum Gasteiger partial charge on any atom is -0.397 e. The van der Waals surface area contributed by atoms with Crippen LogP contribution in [0, 0.1) is 5.82 Å². The lowest BCUT2D eigenvalue weighted by Gasteiger charge is -2.21. The molecule has 0 saturated heterocycles. The molecule has 0 aliphatic rings. The van der Waals surface area contributed by atoms with Gasteiger partial charge in [-0.2, -0.15) is 0 Å². The van der Waals surface area contributed by atoms with Crippen LogP contribution in [0.4, 0.5) is 15.8 Å². The molecule has 0 bridgehead atoms. The Kier molecular flexibility index (Phi) is 3.56. The molecule has 0 spiro atoms. The van der Waals surface area contributed by atoms with Crippen molar-refractivity contribution in [3.8, 4) is 0 Å². The van der Waals surface area contributed by atoms with E-state index in [0.29, 0.717) is 22.4 Å². The average Bonchev–Trinajstić information content (AvgIpc) is 2.69. The van der Waals surface area contributed by atoms with E-state index >= 15 is 0 Å². The van der Waals surface area contributed by atoms with Crippen molar-refractivity contribution in [1.82, 2.24) is 9.55 Å². The minimum atomic E-state index is -0.328. The summed E-state index contributed by atoms with van der Waals surface area (Å²) in [6, 6.07) is 2.99. The molecule has 0 amide bonds. The van der Waals surface area contributed by atoms with E-state index in [9.17, 15) is 4.39 Å². The van der Waals surface area contributed by atoms with E-state index in [1.54, 1.807) is 12.3 Å². The maximum atomic E-state index is 13.5. The molecule has 2 aromatic rings. The van der Waals surface area contributed by atoms with E-state index in [4.69, 9.17) is 5.73 Å². The second-order valence-corrected chi connectivity index (χ2v) is 4.99. The number of anilines is 2. The number of benzene rings is 1. The lowest BCUT2D eigenvalue weighted by molar-refractivity contribution is 0.620. The van der Waals surface area contributed by atoms with Crippen LogP contribution < -0.4 is 10.6 Å². The molecule has 0 aliphatic carbocycles. The first-order valence-electron chi connectivity index (χ1n) is 5.41. The number of halogens is 2. The van der Waals surface area contributed by atoms with Gasteiger partial charge in [0.15, 0.2) is 0 Å². The fraction of sp³-hybridized carbons (Fsp3) is 0.250. The summed E-state index contributed by atoms with van der Waals surface area (Å²) in [5.41, 5.74) is 7.07. The van der Waals surface area contributed by atoms with Gasteiger partial charge in [0.2, 0.25) is 0 Å². The van der Waals surface area contributed by atoms with Crippen molar-refractivity contribution >= 4 is 27.3 Å². The quantitative estimate of drug-likeness (QED) is 0.886. The predicted molar refractivity (Wildman–Crippen MR) is 73.8 cm³/mol. The first kappa shape index (κ1) is 12.9. The highest BCUT2D eigenvalue weighted by atomic mass is 79.9. The van der Waals surface area contributed by atoms with Crippen molar-refractivity contribution in [3.63, 3.8) is 0 Å². The molecule has 1 heterocycles. The number of rotatable bonds is 3. The summed E-state index contributed by atoms with van der Waals surface area (Å²) in [5, 5.41) is 0. The Bertz CT molecular complexity index is 567. The summed E-state index contributed by atoms with van der Waals surface area (Å²) in [7, 11) is 3.77. The Balaban J connectivity index is 2.26. The van der Waals surface area contributed by atoms with Crippen LogP contribution >= 0.6 is 15.9 Å². The van der Waals surface area contributed by atoms with Gasteiger partial charge in [0.25, 0.3) is 0 Å². The van der Waals surface area contributed by atoms with Gasteiger partial charge in [-0.3, -0.25) is 0 Å². The largest absolute Gasteiger partial charge is 0.397 e. The van der Waals surface area contributed by atoms with Gasteiger partial charge in [-0.1, -0.05) is 0 Å². The van der Waals surface area contributed by atoms with Gasteiger partial charge in [0, 0.05) is 32.6 Å². The highest BCUT2D eigenvalue weighted by molar-refractivity contribution is 9.10. The third-order valence-corrected chi connectivity index (χ3v) is 3.39. The van der Waals surface area contributed by atoms with Gasteiger partial charge in [-0.15, -0.1) is 0 Å². The molecule has 0 aliphatic heterocycles. The van der Waals surface area contributed by atoms with Crippen molar-refractivity contribution in [1.29, 1.82) is 0 Å². The number of aryl methyl sites for hydroxylation is 1. The average molecular weight is 313 g/mol. The second kappa shape index (κ2) is 4.97. The third-order valence-electron chi connectivity index (χ3n) is 2.78. The first-order valence-corrected chi connectivity index (χ1v) is 6.20. The zero-order chi connectivity index (χ0) is 13.3. The topological polar surface area (TPSA) is 47.1 Å². The smallest absolute Gasteiger partial charge is 0.139 e. The molecule has 1 aromatic carbocycles. The van der Waals surface area contributed by atoms with E-state index in [1.165, 1.54) is 6.07 Å². The zero-order valence-electron chi connectivity index (χ0n) is 10.2. The molecule has 0 unspecified atom stereocenters. The highest BCUT2D eigenvalue weighted by Crippen LogP contribution is 2.29. The fourth-order valence-corrected chi connectivity index (χ4v) is 2.09. The standard InChI is InChI=1S/C12H14BrFN4/c1-17-4-3-16-12(17)7-18(2)11-6-9(14)8(13)5-10(11)15/h3-6H,7,15H2,1-2H3. The molecule has 0 atom stereocenters. The summed E-state index contributed by atoms with van der Waals surface area (Å²) in [6.45, 7) is 0.564. The number of nitrogen functional groups attached to an aromatic ring is 1. The van der Waals surface area contributed by atoms with Crippen LogP contribution in [0.25, 0.3) is 0 Å². The minimum absolute atomic E-state index is 0.328. The molecule has 1 aromatic heterocycles. The van der Waals surface area contributed by atoms with Crippen LogP contribution in [-0.4, -0.2) is 16.6 Å². The molecule has 18 heavy (non-hydrogen) atoms. The van der Waals surface area contributed by atoms with Gasteiger partial charge in [0.05, 0.1) is 22.4 Å². The Morgan fingerprint density at radius 3 is 2.83 bits per heavy atom. The maximum Gasteiger partial charge on any atom is 0.139 e. The van der Waals surface area contributed by atoms with Crippen molar-refractivity contribution in [2.24, 2.45) is 7.05 Å². The third kappa shape index (κ3) is 2.48. The number of nitrogens with zero attached hydrogens (tertiary/aromatic N) is 3. The van der Waals surface area contributed by atoms with Crippen LogP contribution in [0.5, 0.6) is 0 Å². The van der Waals surface area contributed by atoms with E-state index in [1.807, 2.05) is 29.8 Å².